The topological polar surface area (TPSA) is 91.8 Å². The average molecular weight is 668 g/mol. The van der Waals surface area contributed by atoms with Gasteiger partial charge in [-0.1, -0.05) is 25.1 Å². The Kier molecular flexibility index (Phi) is 8.06. The number of benzene rings is 2. The predicted molar refractivity (Wildman–Crippen MR) is 143 cm³/mol. The summed E-state index contributed by atoms with van der Waals surface area (Å²) >= 11 is 0. The molecule has 2 aromatic rings. The van der Waals surface area contributed by atoms with E-state index in [1.165, 1.54) is 4.90 Å². The van der Waals surface area contributed by atoms with Gasteiger partial charge in [0.25, 0.3) is 0 Å². The van der Waals surface area contributed by atoms with Gasteiger partial charge in [-0.15, -0.1) is 0 Å². The molecule has 1 unspecified atom stereocenters. The number of amides is 1. The van der Waals surface area contributed by atoms with Crippen LogP contribution in [0.2, 0.25) is 0 Å². The lowest BCUT2D eigenvalue weighted by Gasteiger charge is -2.44. The molecule has 1 amide bonds. The maximum Gasteiger partial charge on any atom is 0.435 e. The molecule has 1 saturated carbocycles. The molecular formula is C30H29F8NO5S. The number of fused-ring (bicyclic) bond motifs is 3. The quantitative estimate of drug-likeness (QED) is 0.292. The van der Waals surface area contributed by atoms with E-state index in [9.17, 15) is 58.2 Å². The second kappa shape index (κ2) is 10.9. The van der Waals surface area contributed by atoms with Crippen molar-refractivity contribution in [1.82, 2.24) is 4.90 Å². The fraction of sp³-hybridized carbons (Fsp3) is 0.533. The predicted octanol–water partition coefficient (Wildman–Crippen LogP) is 6.47. The van der Waals surface area contributed by atoms with Crippen molar-refractivity contribution in [1.29, 1.82) is 0 Å². The normalized spacial score (nSPS) is 27.5. The van der Waals surface area contributed by atoms with Gasteiger partial charge in [-0.3, -0.25) is 9.59 Å². The molecule has 2 aromatic carbocycles. The molecule has 2 fully saturated rings. The van der Waals surface area contributed by atoms with Crippen LogP contribution >= 0.6 is 0 Å². The van der Waals surface area contributed by atoms with E-state index in [0.29, 0.717) is 6.07 Å². The highest BCUT2D eigenvalue weighted by molar-refractivity contribution is 7.92. The molecule has 15 heteroatoms. The number of aryl methyl sites for hydroxylation is 1. The summed E-state index contributed by atoms with van der Waals surface area (Å²) in [5.41, 5.74) is -7.87. The summed E-state index contributed by atoms with van der Waals surface area (Å²) in [6.07, 6.45) is -12.8. The van der Waals surface area contributed by atoms with Crippen LogP contribution in [0.3, 0.4) is 0 Å². The Bertz CT molecular complexity index is 1590. The molecule has 1 aliphatic heterocycles. The van der Waals surface area contributed by atoms with Gasteiger partial charge in [0.15, 0.2) is 9.84 Å². The van der Waals surface area contributed by atoms with E-state index in [0.717, 1.165) is 30.3 Å². The first kappa shape index (κ1) is 33.1. The molecule has 0 bridgehead atoms. The lowest BCUT2D eigenvalue weighted by atomic mass is 9.74. The number of rotatable bonds is 5. The van der Waals surface area contributed by atoms with E-state index in [-0.39, 0.29) is 73.1 Å². The number of hydrogen-bond acceptors (Lipinski definition) is 4. The van der Waals surface area contributed by atoms with E-state index in [1.807, 2.05) is 0 Å². The van der Waals surface area contributed by atoms with Gasteiger partial charge in [-0.05, 0) is 79.8 Å². The zero-order chi connectivity index (χ0) is 33.3. The van der Waals surface area contributed by atoms with Crippen LogP contribution in [-0.2, 0) is 36.3 Å². The van der Waals surface area contributed by atoms with Crippen LogP contribution in [0.25, 0.3) is 0 Å². The highest BCUT2D eigenvalue weighted by Crippen LogP contribution is 2.57. The fourth-order valence-corrected chi connectivity index (χ4v) is 9.91. The summed E-state index contributed by atoms with van der Waals surface area (Å²) in [6, 6.07) is 4.07. The van der Waals surface area contributed by atoms with Crippen molar-refractivity contribution in [3.05, 3.63) is 65.0 Å². The summed E-state index contributed by atoms with van der Waals surface area (Å²) in [5, 5.41) is 9.47. The maximum atomic E-state index is 15.0. The Morgan fingerprint density at radius 3 is 2.11 bits per heavy atom. The number of carboxylic acids is 1. The summed E-state index contributed by atoms with van der Waals surface area (Å²) in [6.45, 7) is 1.57. The molecule has 0 radical (unpaired) electrons. The van der Waals surface area contributed by atoms with E-state index in [4.69, 9.17) is 0 Å². The summed E-state index contributed by atoms with van der Waals surface area (Å²) in [4.78, 5) is 26.4. The summed E-state index contributed by atoms with van der Waals surface area (Å²) in [7, 11) is -4.60. The molecule has 3 aliphatic rings. The molecule has 5 atom stereocenters. The SMILES string of the molecule is C[C@@H]1CC(C(=O)N2CC[C@@]3(S(=O)(=O)c4ccc(F)cc4)c4ccc(C(F)(C(F)(F)F)C(F)(F)F)cc4CC[C@@H]23)CC[C@H]1C(=O)O. The third-order valence-electron chi connectivity index (χ3n) is 9.79. The summed E-state index contributed by atoms with van der Waals surface area (Å²) < 4.78 is 137. The first-order valence-electron chi connectivity index (χ1n) is 14.3. The van der Waals surface area contributed by atoms with Gasteiger partial charge < -0.3 is 10.0 Å². The van der Waals surface area contributed by atoms with Crippen LogP contribution in [0.5, 0.6) is 0 Å². The largest absolute Gasteiger partial charge is 0.481 e. The van der Waals surface area contributed by atoms with E-state index < -0.39 is 73.7 Å². The summed E-state index contributed by atoms with van der Waals surface area (Å²) in [5.74, 6) is -3.81. The smallest absolute Gasteiger partial charge is 0.435 e. The fourth-order valence-electron chi connectivity index (χ4n) is 7.54. The zero-order valence-corrected chi connectivity index (χ0v) is 24.6. The number of carboxylic acid groups (broad SMARTS) is 1. The molecular weight excluding hydrogens is 638 g/mol. The highest BCUT2D eigenvalue weighted by Gasteiger charge is 2.74. The van der Waals surface area contributed by atoms with Crippen molar-refractivity contribution in [3.63, 3.8) is 0 Å². The number of aliphatic carboxylic acids is 1. The van der Waals surface area contributed by atoms with Crippen LogP contribution in [0.4, 0.5) is 35.1 Å². The van der Waals surface area contributed by atoms with Crippen LogP contribution in [0, 0.1) is 23.6 Å². The van der Waals surface area contributed by atoms with Crippen molar-refractivity contribution in [2.24, 2.45) is 17.8 Å². The van der Waals surface area contributed by atoms with Crippen molar-refractivity contribution >= 4 is 21.7 Å². The van der Waals surface area contributed by atoms with Gasteiger partial charge in [-0.25, -0.2) is 17.2 Å². The zero-order valence-electron chi connectivity index (χ0n) is 23.8. The number of carbonyl (C=O) groups excluding carboxylic acids is 1. The van der Waals surface area contributed by atoms with E-state index in [2.05, 4.69) is 0 Å². The highest BCUT2D eigenvalue weighted by atomic mass is 32.2. The molecule has 0 spiro atoms. The van der Waals surface area contributed by atoms with Gasteiger partial charge in [-0.2, -0.15) is 26.3 Å². The number of likely N-dealkylation sites (tertiary alicyclic amines) is 1. The van der Waals surface area contributed by atoms with Crippen molar-refractivity contribution in [2.45, 2.75) is 79.2 Å². The van der Waals surface area contributed by atoms with E-state index in [1.54, 1.807) is 6.92 Å². The minimum Gasteiger partial charge on any atom is -0.481 e. The Balaban J connectivity index is 1.62. The molecule has 5 rings (SSSR count). The number of sulfone groups is 1. The third kappa shape index (κ3) is 4.99. The first-order chi connectivity index (χ1) is 20.8. The molecule has 1 N–H and O–H groups in total. The first-order valence-corrected chi connectivity index (χ1v) is 15.8. The molecule has 1 saturated heterocycles. The Labute approximate surface area is 253 Å². The van der Waals surface area contributed by atoms with Gasteiger partial charge in [0.05, 0.1) is 16.9 Å². The standard InChI is InChI=1S/C30H29F8NO5S/c1-16-14-18(2-9-22(16)26(41)42)25(40)39-13-12-27(45(43,44)21-7-5-20(31)6-8-21)23-10-4-19(15-17(23)3-11-24(27)39)28(32,29(33,34)35)30(36,37)38/h4-8,10,15-16,18,22,24H,2-3,9,11-14H2,1H3,(H,41,42)/t16-,18?,22-,24-,27-/m1/s1. The van der Waals surface area contributed by atoms with Crippen molar-refractivity contribution in [3.8, 4) is 0 Å². The lowest BCUT2D eigenvalue weighted by Crippen LogP contribution is -2.54. The average Bonchev–Trinajstić information content (AvgIpc) is 3.36. The Hall–Kier alpha value is -3.23. The van der Waals surface area contributed by atoms with Crippen LogP contribution in [0.1, 0.15) is 55.7 Å². The van der Waals surface area contributed by atoms with Crippen LogP contribution in [0.15, 0.2) is 47.4 Å². The van der Waals surface area contributed by atoms with Crippen LogP contribution < -0.4 is 0 Å². The minimum atomic E-state index is -6.37. The Morgan fingerprint density at radius 1 is 0.933 bits per heavy atom. The molecule has 246 valence electrons. The second-order valence-corrected chi connectivity index (χ2v) is 14.3. The van der Waals surface area contributed by atoms with Crippen molar-refractivity contribution < 1.29 is 58.2 Å². The monoisotopic (exact) mass is 667 g/mol. The van der Waals surface area contributed by atoms with Gasteiger partial charge in [0.2, 0.25) is 5.91 Å². The van der Waals surface area contributed by atoms with Crippen LogP contribution in [-0.4, -0.2) is 55.2 Å². The number of nitrogens with zero attached hydrogens (tertiary/aromatic N) is 1. The van der Waals surface area contributed by atoms with E-state index >= 15 is 0 Å². The lowest BCUT2D eigenvalue weighted by molar-refractivity contribution is -0.348. The molecule has 6 nitrogen and oxygen atoms in total. The number of carbonyl (C=O) groups is 2. The number of hydrogen-bond donors (Lipinski definition) is 1. The Morgan fingerprint density at radius 2 is 1.56 bits per heavy atom. The number of alkyl halides is 7. The molecule has 0 aromatic heterocycles. The minimum absolute atomic E-state index is 0.128. The molecule has 1 heterocycles. The molecule has 2 aliphatic carbocycles. The van der Waals surface area contributed by atoms with Gasteiger partial charge in [0.1, 0.15) is 10.6 Å². The third-order valence-corrected chi connectivity index (χ3v) is 12.3. The second-order valence-electron chi connectivity index (χ2n) is 12.1. The molecule has 45 heavy (non-hydrogen) atoms. The number of halogens is 8. The van der Waals surface area contributed by atoms with Gasteiger partial charge >= 0.3 is 24.0 Å². The maximum absolute atomic E-state index is 15.0. The van der Waals surface area contributed by atoms with Crippen molar-refractivity contribution in [2.75, 3.05) is 6.54 Å². The van der Waals surface area contributed by atoms with Gasteiger partial charge in [0, 0.05) is 18.0 Å².